The molecule has 3 amide bonds. The van der Waals surface area contributed by atoms with Gasteiger partial charge in [-0.15, -0.1) is 11.3 Å². The molecule has 8 heteroatoms. The summed E-state index contributed by atoms with van der Waals surface area (Å²) < 4.78 is 1.15. The maximum atomic E-state index is 13.5. The van der Waals surface area contributed by atoms with Crippen molar-refractivity contribution in [3.8, 4) is 0 Å². The third-order valence-corrected chi connectivity index (χ3v) is 9.32. The van der Waals surface area contributed by atoms with Crippen LogP contribution in [-0.4, -0.2) is 65.2 Å². The minimum Gasteiger partial charge on any atom is -0.371 e. The fourth-order valence-corrected chi connectivity index (χ4v) is 7.36. The molecule has 180 valence electrons. The Morgan fingerprint density at radius 1 is 0.914 bits per heavy atom. The molecule has 0 spiro atoms. The van der Waals surface area contributed by atoms with E-state index in [9.17, 15) is 14.4 Å². The number of carbonyl (C=O) groups excluding carboxylic acids is 3. The van der Waals surface area contributed by atoms with Crippen molar-refractivity contribution in [2.24, 2.45) is 5.92 Å². The average molecular weight is 506 g/mol. The fourth-order valence-electron chi connectivity index (χ4n) is 5.40. The van der Waals surface area contributed by atoms with Gasteiger partial charge < -0.3 is 9.80 Å². The Morgan fingerprint density at radius 3 is 2.46 bits per heavy atom. The van der Waals surface area contributed by atoms with Crippen LogP contribution >= 0.6 is 23.1 Å². The summed E-state index contributed by atoms with van der Waals surface area (Å²) in [6, 6.07) is 15.7. The van der Waals surface area contributed by atoms with Gasteiger partial charge in [0.2, 0.25) is 5.91 Å². The molecule has 0 radical (unpaired) electrons. The number of anilines is 1. The van der Waals surface area contributed by atoms with Gasteiger partial charge in [-0.2, -0.15) is 11.8 Å². The van der Waals surface area contributed by atoms with E-state index in [0.29, 0.717) is 24.2 Å². The highest BCUT2D eigenvalue weighted by molar-refractivity contribution is 7.99. The van der Waals surface area contributed by atoms with E-state index in [2.05, 4.69) is 23.1 Å². The first-order chi connectivity index (χ1) is 17.1. The maximum absolute atomic E-state index is 13.5. The van der Waals surface area contributed by atoms with Gasteiger partial charge in [-0.05, 0) is 42.5 Å². The predicted molar refractivity (Wildman–Crippen MR) is 141 cm³/mol. The molecule has 0 N–H and O–H groups in total. The number of thioether (sulfide) groups is 1. The molecule has 3 aromatic rings. The lowest BCUT2D eigenvalue weighted by Crippen LogP contribution is -2.45. The largest absolute Gasteiger partial charge is 0.371 e. The molecule has 2 saturated heterocycles. The summed E-state index contributed by atoms with van der Waals surface area (Å²) in [5.74, 6) is 1.93. The number of benzene rings is 2. The van der Waals surface area contributed by atoms with Gasteiger partial charge in [0.1, 0.15) is 0 Å². The SMILES string of the molecule is O=C(C1CCN(c2cccc3c2C(=O)N(Cc2cc4ccccc4s2)C3=O)CC1)N1CCSCC1. The smallest absolute Gasteiger partial charge is 0.264 e. The van der Waals surface area contributed by atoms with E-state index in [4.69, 9.17) is 0 Å². The Hall–Kier alpha value is -2.84. The molecule has 2 aromatic carbocycles. The van der Waals surface area contributed by atoms with Crippen molar-refractivity contribution in [3.05, 3.63) is 64.5 Å². The Morgan fingerprint density at radius 2 is 1.69 bits per heavy atom. The molecule has 3 aliphatic rings. The summed E-state index contributed by atoms with van der Waals surface area (Å²) in [4.78, 5) is 46.2. The summed E-state index contributed by atoms with van der Waals surface area (Å²) >= 11 is 3.53. The number of imide groups is 1. The van der Waals surface area contributed by atoms with Crippen LogP contribution in [0.5, 0.6) is 0 Å². The highest BCUT2D eigenvalue weighted by Crippen LogP contribution is 2.36. The molecule has 6 rings (SSSR count). The highest BCUT2D eigenvalue weighted by atomic mass is 32.2. The van der Waals surface area contributed by atoms with Crippen LogP contribution in [0.1, 0.15) is 38.4 Å². The Labute approximate surface area is 212 Å². The lowest BCUT2D eigenvalue weighted by Gasteiger charge is -2.36. The summed E-state index contributed by atoms with van der Waals surface area (Å²) in [6.07, 6.45) is 1.56. The number of carbonyl (C=O) groups is 3. The van der Waals surface area contributed by atoms with Gasteiger partial charge in [0.15, 0.2) is 0 Å². The van der Waals surface area contributed by atoms with Gasteiger partial charge >= 0.3 is 0 Å². The van der Waals surface area contributed by atoms with E-state index in [1.165, 1.54) is 4.90 Å². The van der Waals surface area contributed by atoms with Crippen LogP contribution in [0.3, 0.4) is 0 Å². The topological polar surface area (TPSA) is 60.9 Å². The van der Waals surface area contributed by atoms with Gasteiger partial charge in [-0.3, -0.25) is 19.3 Å². The first kappa shape index (κ1) is 22.6. The van der Waals surface area contributed by atoms with Gasteiger partial charge in [0.25, 0.3) is 11.8 Å². The van der Waals surface area contributed by atoms with Crippen molar-refractivity contribution >= 4 is 56.6 Å². The molecule has 35 heavy (non-hydrogen) atoms. The zero-order valence-corrected chi connectivity index (χ0v) is 21.1. The number of amides is 3. The van der Waals surface area contributed by atoms with Gasteiger partial charge in [0.05, 0.1) is 23.4 Å². The molecule has 2 fully saturated rings. The van der Waals surface area contributed by atoms with E-state index in [0.717, 1.165) is 58.1 Å². The van der Waals surface area contributed by atoms with Crippen molar-refractivity contribution in [2.75, 3.05) is 42.6 Å². The Bertz CT molecular complexity index is 1270. The zero-order chi connectivity index (χ0) is 23.9. The highest BCUT2D eigenvalue weighted by Gasteiger charge is 2.39. The van der Waals surface area contributed by atoms with Crippen LogP contribution < -0.4 is 4.90 Å². The monoisotopic (exact) mass is 505 g/mol. The summed E-state index contributed by atoms with van der Waals surface area (Å²) in [5.41, 5.74) is 1.81. The van der Waals surface area contributed by atoms with E-state index in [1.807, 2.05) is 40.9 Å². The molecule has 6 nitrogen and oxygen atoms in total. The number of piperidine rings is 1. The molecule has 1 aromatic heterocycles. The van der Waals surface area contributed by atoms with Crippen molar-refractivity contribution in [3.63, 3.8) is 0 Å². The van der Waals surface area contributed by atoms with Crippen molar-refractivity contribution in [2.45, 2.75) is 19.4 Å². The normalized spacial score (nSPS) is 19.0. The van der Waals surface area contributed by atoms with Crippen LogP contribution in [0.15, 0.2) is 48.5 Å². The zero-order valence-electron chi connectivity index (χ0n) is 19.4. The first-order valence-electron chi connectivity index (χ1n) is 12.2. The van der Waals surface area contributed by atoms with Gasteiger partial charge in [-0.25, -0.2) is 0 Å². The number of fused-ring (bicyclic) bond motifs is 2. The molecule has 0 unspecified atom stereocenters. The van der Waals surface area contributed by atoms with Crippen LogP contribution in [0.2, 0.25) is 0 Å². The second-order valence-corrected chi connectivity index (χ2v) is 11.7. The molecular formula is C27H27N3O3S2. The summed E-state index contributed by atoms with van der Waals surface area (Å²) in [7, 11) is 0. The molecule has 0 aliphatic carbocycles. The first-order valence-corrected chi connectivity index (χ1v) is 14.2. The third kappa shape index (κ3) is 4.12. The van der Waals surface area contributed by atoms with Crippen molar-refractivity contribution in [1.29, 1.82) is 0 Å². The Balaban J connectivity index is 1.18. The third-order valence-electron chi connectivity index (χ3n) is 7.28. The summed E-state index contributed by atoms with van der Waals surface area (Å²) in [5, 5.41) is 1.13. The van der Waals surface area contributed by atoms with Crippen molar-refractivity contribution < 1.29 is 14.4 Å². The molecule has 0 saturated carbocycles. The molecule has 4 heterocycles. The van der Waals surface area contributed by atoms with Gasteiger partial charge in [-0.1, -0.05) is 24.3 Å². The van der Waals surface area contributed by atoms with Crippen LogP contribution in [0.4, 0.5) is 5.69 Å². The molecule has 0 bridgehead atoms. The fraction of sp³-hybridized carbons (Fsp3) is 0.370. The molecule has 3 aliphatic heterocycles. The second kappa shape index (κ2) is 9.32. The Kier molecular flexibility index (Phi) is 6.02. The summed E-state index contributed by atoms with van der Waals surface area (Å²) in [6.45, 7) is 3.42. The van der Waals surface area contributed by atoms with Crippen LogP contribution in [0.25, 0.3) is 10.1 Å². The van der Waals surface area contributed by atoms with Crippen molar-refractivity contribution in [1.82, 2.24) is 9.80 Å². The van der Waals surface area contributed by atoms with Crippen LogP contribution in [0, 0.1) is 5.92 Å². The second-order valence-electron chi connectivity index (χ2n) is 9.35. The lowest BCUT2D eigenvalue weighted by atomic mass is 9.94. The minimum atomic E-state index is -0.225. The van der Waals surface area contributed by atoms with E-state index < -0.39 is 0 Å². The molecular weight excluding hydrogens is 478 g/mol. The minimum absolute atomic E-state index is 0.0490. The number of hydrogen-bond donors (Lipinski definition) is 0. The quantitative estimate of drug-likeness (QED) is 0.489. The predicted octanol–water partition coefficient (Wildman–Crippen LogP) is 4.49. The van der Waals surface area contributed by atoms with Crippen LogP contribution in [-0.2, 0) is 11.3 Å². The average Bonchev–Trinajstić information content (AvgIpc) is 3.43. The number of thiophene rings is 1. The maximum Gasteiger partial charge on any atom is 0.264 e. The number of rotatable bonds is 4. The van der Waals surface area contributed by atoms with E-state index in [-0.39, 0.29) is 30.2 Å². The van der Waals surface area contributed by atoms with Gasteiger partial charge in [0, 0.05) is 53.2 Å². The number of nitrogens with zero attached hydrogens (tertiary/aromatic N) is 3. The van der Waals surface area contributed by atoms with E-state index in [1.54, 1.807) is 17.4 Å². The van der Waals surface area contributed by atoms with E-state index >= 15 is 0 Å². The standard InChI is InChI=1S/C27H27N3O3S2/c31-25(29-12-14-34-15-13-29)18-8-10-28(11-9-18)22-6-3-5-21-24(22)27(33)30(26(21)32)17-20-16-19-4-1-2-7-23(19)35-20/h1-7,16,18H,8-15,17H2. The lowest BCUT2D eigenvalue weighted by molar-refractivity contribution is -0.135. The number of hydrogen-bond acceptors (Lipinski definition) is 6. The molecule has 0 atom stereocenters.